The van der Waals surface area contributed by atoms with Gasteiger partial charge in [0.25, 0.3) is 10.0 Å². The van der Waals surface area contributed by atoms with Crippen molar-refractivity contribution < 1.29 is 27.4 Å². The van der Waals surface area contributed by atoms with Gasteiger partial charge in [0.2, 0.25) is 0 Å². The highest BCUT2D eigenvalue weighted by Crippen LogP contribution is 2.32. The maximum absolute atomic E-state index is 12.6. The number of carbonyl (C=O) groups is 1. The molecule has 0 fully saturated rings. The number of thiophene rings is 1. The number of hydrogen-bond donors (Lipinski definition) is 1. The summed E-state index contributed by atoms with van der Waals surface area (Å²) in [5.74, 6) is 0.0733. The quantitative estimate of drug-likeness (QED) is 0.798. The van der Waals surface area contributed by atoms with E-state index in [1.54, 1.807) is 12.1 Å². The van der Waals surface area contributed by atoms with Crippen LogP contribution in [-0.4, -0.2) is 35.7 Å². The van der Waals surface area contributed by atoms with Crippen molar-refractivity contribution >= 4 is 33.0 Å². The van der Waals surface area contributed by atoms with Gasteiger partial charge in [0.15, 0.2) is 0 Å². The molecule has 124 valence electrons. The average Bonchev–Trinajstić information content (AvgIpc) is 3.04. The van der Waals surface area contributed by atoms with E-state index in [9.17, 15) is 13.2 Å². The molecule has 0 unspecified atom stereocenters. The van der Waals surface area contributed by atoms with Crippen molar-refractivity contribution in [2.24, 2.45) is 0 Å². The largest absolute Gasteiger partial charge is 0.497 e. The van der Waals surface area contributed by atoms with Gasteiger partial charge in [-0.2, -0.15) is 0 Å². The lowest BCUT2D eigenvalue weighted by Crippen LogP contribution is -2.16. The SMILES string of the molecule is COC(=O)c1sccc1S(=O)(=O)Nc1cc(OC)ccc1OC. The number of anilines is 1. The number of carbonyl (C=O) groups excluding carboxylic acids is 1. The summed E-state index contributed by atoms with van der Waals surface area (Å²) in [4.78, 5) is 11.5. The monoisotopic (exact) mass is 357 g/mol. The maximum atomic E-state index is 12.6. The Morgan fingerprint density at radius 2 is 1.87 bits per heavy atom. The first kappa shape index (κ1) is 17.1. The Hall–Kier alpha value is -2.26. The molecule has 0 saturated carbocycles. The van der Waals surface area contributed by atoms with Crippen LogP contribution in [-0.2, 0) is 14.8 Å². The first-order valence-electron chi connectivity index (χ1n) is 6.33. The van der Waals surface area contributed by atoms with Gasteiger partial charge >= 0.3 is 5.97 Å². The van der Waals surface area contributed by atoms with Crippen molar-refractivity contribution in [2.75, 3.05) is 26.1 Å². The van der Waals surface area contributed by atoms with Crippen LogP contribution in [0.25, 0.3) is 0 Å². The Morgan fingerprint density at radius 3 is 2.48 bits per heavy atom. The Kier molecular flexibility index (Phi) is 5.12. The zero-order valence-electron chi connectivity index (χ0n) is 12.7. The molecule has 0 aliphatic rings. The van der Waals surface area contributed by atoms with E-state index < -0.39 is 16.0 Å². The number of nitrogens with one attached hydrogen (secondary N) is 1. The molecule has 0 bridgehead atoms. The second-order valence-electron chi connectivity index (χ2n) is 4.28. The fourth-order valence-electron chi connectivity index (χ4n) is 1.84. The van der Waals surface area contributed by atoms with Crippen molar-refractivity contribution in [1.29, 1.82) is 0 Å². The summed E-state index contributed by atoms with van der Waals surface area (Å²) in [5.41, 5.74) is 0.203. The molecule has 2 rings (SSSR count). The molecular formula is C14H15NO6S2. The smallest absolute Gasteiger partial charge is 0.349 e. The minimum atomic E-state index is -3.99. The molecular weight excluding hydrogens is 342 g/mol. The molecule has 2 aromatic rings. The van der Waals surface area contributed by atoms with Gasteiger partial charge in [-0.25, -0.2) is 13.2 Å². The average molecular weight is 357 g/mol. The summed E-state index contributed by atoms with van der Waals surface area (Å²) in [6, 6.07) is 6.04. The predicted octanol–water partition coefficient (Wildman–Crippen LogP) is 2.35. The molecule has 23 heavy (non-hydrogen) atoms. The molecule has 0 saturated heterocycles. The minimum Gasteiger partial charge on any atom is -0.497 e. The molecule has 1 aromatic carbocycles. The van der Waals surface area contributed by atoms with Crippen LogP contribution in [0.2, 0.25) is 0 Å². The van der Waals surface area contributed by atoms with E-state index >= 15 is 0 Å². The summed E-state index contributed by atoms with van der Waals surface area (Å²) in [6.07, 6.45) is 0. The highest BCUT2D eigenvalue weighted by molar-refractivity contribution is 7.93. The summed E-state index contributed by atoms with van der Waals surface area (Å²) in [7, 11) is 0.0894. The van der Waals surface area contributed by atoms with Crippen molar-refractivity contribution in [3.63, 3.8) is 0 Å². The van der Waals surface area contributed by atoms with Gasteiger partial charge in [-0.1, -0.05) is 0 Å². The fourth-order valence-corrected chi connectivity index (χ4v) is 4.24. The van der Waals surface area contributed by atoms with Gasteiger partial charge in [-0.3, -0.25) is 4.72 Å². The van der Waals surface area contributed by atoms with Crippen LogP contribution >= 0.6 is 11.3 Å². The zero-order valence-corrected chi connectivity index (χ0v) is 14.3. The van der Waals surface area contributed by atoms with E-state index in [0.717, 1.165) is 11.3 Å². The summed E-state index contributed by atoms with van der Waals surface area (Å²) in [5, 5.41) is 1.50. The van der Waals surface area contributed by atoms with Crippen LogP contribution in [0.3, 0.4) is 0 Å². The molecule has 0 amide bonds. The molecule has 1 N–H and O–H groups in total. The minimum absolute atomic E-state index is 0.00172. The highest BCUT2D eigenvalue weighted by atomic mass is 32.2. The Balaban J connectivity index is 2.43. The first-order chi connectivity index (χ1) is 10.9. The first-order valence-corrected chi connectivity index (χ1v) is 8.70. The lowest BCUT2D eigenvalue weighted by atomic mass is 10.3. The Bertz CT molecular complexity index is 812. The van der Waals surface area contributed by atoms with Gasteiger partial charge in [-0.15, -0.1) is 11.3 Å². The van der Waals surface area contributed by atoms with Crippen LogP contribution in [0.4, 0.5) is 5.69 Å². The summed E-state index contributed by atoms with van der Waals surface area (Å²) < 4.78 is 42.3. The van der Waals surface area contributed by atoms with Crippen molar-refractivity contribution in [2.45, 2.75) is 4.90 Å². The second kappa shape index (κ2) is 6.88. The normalized spacial score (nSPS) is 10.9. The second-order valence-corrected chi connectivity index (χ2v) is 6.84. The van der Waals surface area contributed by atoms with E-state index in [1.807, 2.05) is 0 Å². The molecule has 1 aromatic heterocycles. The van der Waals surface area contributed by atoms with Gasteiger partial charge in [-0.05, 0) is 23.6 Å². The molecule has 1 heterocycles. The molecule has 0 spiro atoms. The van der Waals surface area contributed by atoms with Crippen LogP contribution < -0.4 is 14.2 Å². The topological polar surface area (TPSA) is 90.9 Å². The molecule has 0 aliphatic carbocycles. The van der Waals surface area contributed by atoms with Crippen LogP contribution in [0.15, 0.2) is 34.5 Å². The van der Waals surface area contributed by atoms with Crippen molar-refractivity contribution in [1.82, 2.24) is 0 Å². The molecule has 7 nitrogen and oxygen atoms in total. The lowest BCUT2D eigenvalue weighted by molar-refractivity contribution is 0.0602. The number of benzene rings is 1. The lowest BCUT2D eigenvalue weighted by Gasteiger charge is -2.13. The van der Waals surface area contributed by atoms with Crippen LogP contribution in [0, 0.1) is 0 Å². The number of sulfonamides is 1. The fraction of sp³-hybridized carbons (Fsp3) is 0.214. The number of hydrogen-bond acceptors (Lipinski definition) is 7. The molecule has 0 atom stereocenters. The van der Waals surface area contributed by atoms with Crippen LogP contribution in [0.5, 0.6) is 11.5 Å². The summed E-state index contributed by atoms with van der Waals surface area (Å²) in [6.45, 7) is 0. The third-order valence-electron chi connectivity index (χ3n) is 2.94. The molecule has 0 aliphatic heterocycles. The maximum Gasteiger partial charge on any atom is 0.349 e. The predicted molar refractivity (Wildman–Crippen MR) is 86.0 cm³/mol. The summed E-state index contributed by atoms with van der Waals surface area (Å²) >= 11 is 0.988. The van der Waals surface area contributed by atoms with E-state index in [2.05, 4.69) is 9.46 Å². The van der Waals surface area contributed by atoms with Crippen molar-refractivity contribution in [3.8, 4) is 11.5 Å². The van der Waals surface area contributed by atoms with E-state index in [0.29, 0.717) is 11.5 Å². The third kappa shape index (κ3) is 3.57. The standard InChI is InChI=1S/C14H15NO6S2/c1-19-9-4-5-11(20-2)10(8-9)15-23(17,18)12-6-7-22-13(12)14(16)21-3/h4-8,15H,1-3H3. The number of rotatable bonds is 6. The van der Waals surface area contributed by atoms with E-state index in [-0.39, 0.29) is 15.5 Å². The van der Waals surface area contributed by atoms with Gasteiger partial charge in [0.1, 0.15) is 21.3 Å². The molecule has 9 heteroatoms. The van der Waals surface area contributed by atoms with Gasteiger partial charge in [0, 0.05) is 6.07 Å². The Labute approximate surface area is 137 Å². The Morgan fingerprint density at radius 1 is 1.13 bits per heavy atom. The number of esters is 1. The highest BCUT2D eigenvalue weighted by Gasteiger charge is 2.25. The number of methoxy groups -OCH3 is 3. The van der Waals surface area contributed by atoms with E-state index in [1.165, 1.54) is 38.8 Å². The number of ether oxygens (including phenoxy) is 3. The molecule has 0 radical (unpaired) electrons. The van der Waals surface area contributed by atoms with E-state index in [4.69, 9.17) is 9.47 Å². The van der Waals surface area contributed by atoms with Gasteiger partial charge < -0.3 is 14.2 Å². The third-order valence-corrected chi connectivity index (χ3v) is 5.37. The van der Waals surface area contributed by atoms with Gasteiger partial charge in [0.05, 0.1) is 27.0 Å². The van der Waals surface area contributed by atoms with Crippen LogP contribution in [0.1, 0.15) is 9.67 Å². The van der Waals surface area contributed by atoms with Crippen molar-refractivity contribution in [3.05, 3.63) is 34.5 Å². The zero-order chi connectivity index (χ0) is 17.0.